The SMILES string of the molecule is C=NCCN(Cc1ccc(Cl)s1)c1ccccn1. The molecule has 2 aromatic heterocycles. The average molecular weight is 280 g/mol. The monoisotopic (exact) mass is 279 g/mol. The highest BCUT2D eigenvalue weighted by molar-refractivity contribution is 7.16. The first kappa shape index (κ1) is 13.1. The van der Waals surface area contributed by atoms with Gasteiger partial charge in [0.25, 0.3) is 0 Å². The van der Waals surface area contributed by atoms with Gasteiger partial charge < -0.3 is 4.90 Å². The highest BCUT2D eigenvalue weighted by Crippen LogP contribution is 2.24. The topological polar surface area (TPSA) is 28.5 Å². The summed E-state index contributed by atoms with van der Waals surface area (Å²) >= 11 is 7.54. The first-order valence-corrected chi connectivity index (χ1v) is 6.81. The maximum absolute atomic E-state index is 5.95. The van der Waals surface area contributed by atoms with E-state index in [1.807, 2.05) is 30.3 Å². The molecule has 0 fully saturated rings. The number of nitrogens with zero attached hydrogens (tertiary/aromatic N) is 3. The largest absolute Gasteiger partial charge is 0.350 e. The van der Waals surface area contributed by atoms with Crippen molar-refractivity contribution in [3.8, 4) is 0 Å². The fraction of sp³-hybridized carbons (Fsp3) is 0.231. The summed E-state index contributed by atoms with van der Waals surface area (Å²) in [5.41, 5.74) is 0. The van der Waals surface area contributed by atoms with Gasteiger partial charge in [0, 0.05) is 17.6 Å². The lowest BCUT2D eigenvalue weighted by Crippen LogP contribution is -2.26. The van der Waals surface area contributed by atoms with E-state index in [1.54, 1.807) is 17.5 Å². The smallest absolute Gasteiger partial charge is 0.128 e. The number of pyridine rings is 1. The Bertz CT molecular complexity index is 498. The minimum atomic E-state index is 0.690. The van der Waals surface area contributed by atoms with Crippen LogP contribution in [0.1, 0.15) is 4.88 Å². The Labute approximate surface area is 116 Å². The molecule has 0 atom stereocenters. The maximum atomic E-state index is 5.95. The predicted octanol–water partition coefficient (Wildman–Crippen LogP) is 3.50. The molecule has 0 spiro atoms. The molecule has 0 amide bonds. The van der Waals surface area contributed by atoms with Crippen LogP contribution in [-0.2, 0) is 6.54 Å². The number of halogens is 1. The van der Waals surface area contributed by atoms with Crippen molar-refractivity contribution in [1.29, 1.82) is 0 Å². The Kier molecular flexibility index (Phi) is 4.73. The van der Waals surface area contributed by atoms with E-state index in [2.05, 4.69) is 21.6 Å². The summed E-state index contributed by atoms with van der Waals surface area (Å²) in [7, 11) is 0. The highest BCUT2D eigenvalue weighted by Gasteiger charge is 2.09. The quantitative estimate of drug-likeness (QED) is 0.757. The summed E-state index contributed by atoms with van der Waals surface area (Å²) in [6.45, 7) is 5.81. The zero-order chi connectivity index (χ0) is 12.8. The lowest BCUT2D eigenvalue weighted by Gasteiger charge is -2.22. The number of anilines is 1. The van der Waals surface area contributed by atoms with Crippen molar-refractivity contribution in [2.24, 2.45) is 4.99 Å². The van der Waals surface area contributed by atoms with Crippen molar-refractivity contribution in [2.45, 2.75) is 6.54 Å². The third-order valence-electron chi connectivity index (χ3n) is 2.48. The number of rotatable bonds is 6. The molecule has 0 unspecified atom stereocenters. The minimum Gasteiger partial charge on any atom is -0.350 e. The third kappa shape index (κ3) is 3.55. The Balaban J connectivity index is 2.12. The lowest BCUT2D eigenvalue weighted by atomic mass is 10.3. The number of hydrogen-bond acceptors (Lipinski definition) is 4. The molecule has 0 aliphatic rings. The van der Waals surface area contributed by atoms with Gasteiger partial charge in [-0.1, -0.05) is 17.7 Å². The van der Waals surface area contributed by atoms with Crippen molar-refractivity contribution in [3.63, 3.8) is 0 Å². The minimum absolute atomic E-state index is 0.690. The van der Waals surface area contributed by atoms with Crippen LogP contribution in [0.2, 0.25) is 4.34 Å². The van der Waals surface area contributed by atoms with Gasteiger partial charge >= 0.3 is 0 Å². The van der Waals surface area contributed by atoms with E-state index in [0.717, 1.165) is 23.2 Å². The van der Waals surface area contributed by atoms with Crippen LogP contribution in [0.25, 0.3) is 0 Å². The van der Waals surface area contributed by atoms with Crippen LogP contribution in [0.15, 0.2) is 41.5 Å². The average Bonchev–Trinajstić information content (AvgIpc) is 2.81. The van der Waals surface area contributed by atoms with Gasteiger partial charge in [-0.25, -0.2) is 4.98 Å². The van der Waals surface area contributed by atoms with Gasteiger partial charge in [0.2, 0.25) is 0 Å². The fourth-order valence-electron chi connectivity index (χ4n) is 1.63. The summed E-state index contributed by atoms with van der Waals surface area (Å²) in [5.74, 6) is 0.950. The van der Waals surface area contributed by atoms with Crippen molar-refractivity contribution >= 4 is 35.5 Å². The van der Waals surface area contributed by atoms with Crippen LogP contribution in [0.5, 0.6) is 0 Å². The number of hydrogen-bond donors (Lipinski definition) is 0. The van der Waals surface area contributed by atoms with Crippen LogP contribution in [0.3, 0.4) is 0 Å². The molecular formula is C13H14ClN3S. The van der Waals surface area contributed by atoms with E-state index in [0.29, 0.717) is 6.54 Å². The summed E-state index contributed by atoms with van der Waals surface area (Å²) < 4.78 is 0.813. The van der Waals surface area contributed by atoms with Crippen molar-refractivity contribution < 1.29 is 0 Å². The molecule has 0 radical (unpaired) electrons. The highest BCUT2D eigenvalue weighted by atomic mass is 35.5. The molecule has 0 aromatic carbocycles. The van der Waals surface area contributed by atoms with E-state index >= 15 is 0 Å². The zero-order valence-corrected chi connectivity index (χ0v) is 11.5. The standard InChI is InChI=1S/C13H14ClN3S/c1-15-8-9-17(13-4-2-3-7-16-13)10-11-5-6-12(14)18-11/h2-7H,1,8-10H2. The summed E-state index contributed by atoms with van der Waals surface area (Å²) in [4.78, 5) is 11.7. The molecule has 0 saturated carbocycles. The molecule has 0 aliphatic heterocycles. The molecule has 2 heterocycles. The van der Waals surface area contributed by atoms with E-state index < -0.39 is 0 Å². The molecule has 0 N–H and O–H groups in total. The number of thiophene rings is 1. The van der Waals surface area contributed by atoms with Crippen LogP contribution >= 0.6 is 22.9 Å². The molecule has 2 aromatic rings. The van der Waals surface area contributed by atoms with Gasteiger partial charge in [-0.3, -0.25) is 4.99 Å². The molecule has 94 valence electrons. The number of aliphatic imine (C=N–C) groups is 1. The molecule has 5 heteroatoms. The Morgan fingerprint density at radius 3 is 2.83 bits per heavy atom. The van der Waals surface area contributed by atoms with Crippen LogP contribution in [0.4, 0.5) is 5.82 Å². The molecule has 0 aliphatic carbocycles. The summed E-state index contributed by atoms with van der Waals surface area (Å²) in [6.07, 6.45) is 1.80. The number of aromatic nitrogens is 1. The van der Waals surface area contributed by atoms with Crippen LogP contribution in [-0.4, -0.2) is 24.8 Å². The maximum Gasteiger partial charge on any atom is 0.128 e. The summed E-state index contributed by atoms with van der Waals surface area (Å²) in [5, 5.41) is 0. The lowest BCUT2D eigenvalue weighted by molar-refractivity contribution is 0.786. The van der Waals surface area contributed by atoms with Gasteiger partial charge in [0.05, 0.1) is 17.4 Å². The Morgan fingerprint density at radius 1 is 1.33 bits per heavy atom. The third-order valence-corrected chi connectivity index (χ3v) is 3.69. The van der Waals surface area contributed by atoms with Crippen molar-refractivity contribution in [1.82, 2.24) is 4.98 Å². The van der Waals surface area contributed by atoms with E-state index in [4.69, 9.17) is 11.6 Å². The van der Waals surface area contributed by atoms with Gasteiger partial charge in [0.15, 0.2) is 0 Å². The normalized spacial score (nSPS) is 10.3. The van der Waals surface area contributed by atoms with E-state index in [9.17, 15) is 0 Å². The van der Waals surface area contributed by atoms with E-state index in [-0.39, 0.29) is 0 Å². The first-order chi connectivity index (χ1) is 8.79. The molecule has 0 saturated heterocycles. The van der Waals surface area contributed by atoms with Gasteiger partial charge in [-0.2, -0.15) is 0 Å². The Morgan fingerprint density at radius 2 is 2.22 bits per heavy atom. The predicted molar refractivity (Wildman–Crippen MR) is 79.0 cm³/mol. The van der Waals surface area contributed by atoms with Crippen molar-refractivity contribution in [3.05, 3.63) is 45.7 Å². The second-order valence-corrected chi connectivity index (χ2v) is 5.56. The van der Waals surface area contributed by atoms with Crippen LogP contribution in [0, 0.1) is 0 Å². The first-order valence-electron chi connectivity index (χ1n) is 5.62. The van der Waals surface area contributed by atoms with Gasteiger partial charge in [0.1, 0.15) is 5.82 Å². The van der Waals surface area contributed by atoms with E-state index in [1.165, 1.54) is 4.88 Å². The van der Waals surface area contributed by atoms with Gasteiger partial charge in [-0.05, 0) is 31.0 Å². The zero-order valence-electron chi connectivity index (χ0n) is 9.92. The summed E-state index contributed by atoms with van der Waals surface area (Å²) in [6, 6.07) is 9.86. The molecular weight excluding hydrogens is 266 g/mol. The molecule has 18 heavy (non-hydrogen) atoms. The molecule has 0 bridgehead atoms. The second-order valence-electron chi connectivity index (χ2n) is 3.76. The Hall–Kier alpha value is -1.39. The van der Waals surface area contributed by atoms with Crippen molar-refractivity contribution in [2.75, 3.05) is 18.0 Å². The molecule has 2 rings (SSSR count). The molecule has 3 nitrogen and oxygen atoms in total. The second kappa shape index (κ2) is 6.52. The van der Waals surface area contributed by atoms with Crippen LogP contribution < -0.4 is 4.90 Å². The fourth-order valence-corrected chi connectivity index (χ4v) is 2.73. The van der Waals surface area contributed by atoms with Gasteiger partial charge in [-0.15, -0.1) is 11.3 Å².